The van der Waals surface area contributed by atoms with E-state index in [2.05, 4.69) is 16.4 Å². The van der Waals surface area contributed by atoms with E-state index in [4.69, 9.17) is 9.15 Å². The second-order valence-electron chi connectivity index (χ2n) is 6.24. The summed E-state index contributed by atoms with van der Waals surface area (Å²) in [5.74, 6) is 0.820. The van der Waals surface area contributed by atoms with Crippen molar-refractivity contribution in [3.63, 3.8) is 0 Å². The van der Waals surface area contributed by atoms with Crippen molar-refractivity contribution in [3.05, 3.63) is 90.0 Å². The Labute approximate surface area is 157 Å². The molecule has 0 fully saturated rings. The highest BCUT2D eigenvalue weighted by Gasteiger charge is 2.15. The lowest BCUT2D eigenvalue weighted by Crippen LogP contribution is -2.26. The van der Waals surface area contributed by atoms with E-state index in [1.165, 1.54) is 17.2 Å². The third-order valence-electron chi connectivity index (χ3n) is 4.45. The molecule has 5 heteroatoms. The fourth-order valence-electron chi connectivity index (χ4n) is 3.06. The number of aromatic nitrogens is 1. The zero-order valence-electron chi connectivity index (χ0n) is 14.8. The van der Waals surface area contributed by atoms with Gasteiger partial charge in [0.05, 0.1) is 6.26 Å². The van der Waals surface area contributed by atoms with Gasteiger partial charge in [-0.15, -0.1) is 0 Å². The zero-order chi connectivity index (χ0) is 18.5. The molecular formula is C22H20N2O3. The van der Waals surface area contributed by atoms with Crippen LogP contribution < -0.4 is 10.1 Å². The summed E-state index contributed by atoms with van der Waals surface area (Å²) in [6, 6.07) is 19.4. The predicted molar refractivity (Wildman–Crippen MR) is 104 cm³/mol. The van der Waals surface area contributed by atoms with Gasteiger partial charge in [-0.2, -0.15) is 0 Å². The molecule has 2 heterocycles. The van der Waals surface area contributed by atoms with Crippen molar-refractivity contribution in [1.29, 1.82) is 0 Å². The van der Waals surface area contributed by atoms with Crippen molar-refractivity contribution in [2.45, 2.75) is 13.0 Å². The Bertz CT molecular complexity index is 1030. The van der Waals surface area contributed by atoms with Gasteiger partial charge in [-0.25, -0.2) is 0 Å². The van der Waals surface area contributed by atoms with E-state index in [-0.39, 0.29) is 12.5 Å². The van der Waals surface area contributed by atoms with Gasteiger partial charge < -0.3 is 19.5 Å². The summed E-state index contributed by atoms with van der Waals surface area (Å²) in [5.41, 5.74) is 3.01. The topological polar surface area (TPSA) is 67.3 Å². The smallest absolute Gasteiger partial charge is 0.287 e. The van der Waals surface area contributed by atoms with Crippen molar-refractivity contribution in [2.75, 3.05) is 6.54 Å². The molecule has 0 saturated carbocycles. The number of carbonyl (C=O) groups is 1. The van der Waals surface area contributed by atoms with Crippen molar-refractivity contribution >= 4 is 16.8 Å². The monoisotopic (exact) mass is 360 g/mol. The maximum atomic E-state index is 12.5. The van der Waals surface area contributed by atoms with E-state index < -0.39 is 0 Å². The molecule has 2 aromatic carbocycles. The molecule has 0 bridgehead atoms. The summed E-state index contributed by atoms with van der Waals surface area (Å²) in [6.45, 7) is 0.812. The summed E-state index contributed by atoms with van der Waals surface area (Å²) in [7, 11) is 0. The Hall–Kier alpha value is -3.47. The molecule has 0 unspecified atom stereocenters. The van der Waals surface area contributed by atoms with Gasteiger partial charge in [0.1, 0.15) is 12.4 Å². The van der Waals surface area contributed by atoms with Crippen molar-refractivity contribution in [1.82, 2.24) is 10.3 Å². The molecule has 27 heavy (non-hydrogen) atoms. The third kappa shape index (κ3) is 3.87. The Kier molecular flexibility index (Phi) is 4.92. The number of fused-ring (bicyclic) bond motifs is 1. The van der Waals surface area contributed by atoms with Crippen LogP contribution in [0.5, 0.6) is 5.75 Å². The standard InChI is InChI=1S/C22H20N2O3/c25-22(23-12-10-16-14-24-20-9-5-4-8-19(16)20)21-17(11-13-26-21)15-27-18-6-2-1-3-7-18/h1-9,11,13-14,24H,10,12,15H2,(H,23,25). The number of aromatic amines is 1. The van der Waals surface area contributed by atoms with E-state index in [0.29, 0.717) is 12.3 Å². The minimum absolute atomic E-state index is 0.230. The van der Waals surface area contributed by atoms with Gasteiger partial charge in [0.2, 0.25) is 0 Å². The first kappa shape index (κ1) is 17.0. The highest BCUT2D eigenvalue weighted by molar-refractivity contribution is 5.93. The number of para-hydroxylation sites is 2. The largest absolute Gasteiger partial charge is 0.489 e. The number of furan rings is 1. The normalized spacial score (nSPS) is 10.8. The van der Waals surface area contributed by atoms with Crippen LogP contribution >= 0.6 is 0 Å². The SMILES string of the molecule is O=C(NCCc1c[nH]c2ccccc12)c1occc1COc1ccccc1. The Morgan fingerprint density at radius 1 is 1.00 bits per heavy atom. The summed E-state index contributed by atoms with van der Waals surface area (Å²) < 4.78 is 11.1. The van der Waals surface area contributed by atoms with Gasteiger partial charge in [0, 0.05) is 29.2 Å². The number of ether oxygens (including phenoxy) is 1. The molecule has 0 aliphatic carbocycles. The zero-order valence-corrected chi connectivity index (χ0v) is 14.8. The molecule has 1 amide bonds. The molecule has 0 spiro atoms. The van der Waals surface area contributed by atoms with Gasteiger partial charge in [-0.1, -0.05) is 36.4 Å². The number of amides is 1. The average Bonchev–Trinajstić information content (AvgIpc) is 3.34. The minimum atomic E-state index is -0.230. The molecule has 2 N–H and O–H groups in total. The summed E-state index contributed by atoms with van der Waals surface area (Å²) in [5, 5.41) is 4.11. The maximum Gasteiger partial charge on any atom is 0.287 e. The van der Waals surface area contributed by atoms with Crippen LogP contribution in [0, 0.1) is 0 Å². The van der Waals surface area contributed by atoms with Crippen LogP contribution in [-0.4, -0.2) is 17.4 Å². The average molecular weight is 360 g/mol. The van der Waals surface area contributed by atoms with Crippen molar-refractivity contribution in [2.24, 2.45) is 0 Å². The lowest BCUT2D eigenvalue weighted by Gasteiger charge is -2.07. The molecule has 4 rings (SSSR count). The van der Waals surface area contributed by atoms with Crippen LogP contribution in [-0.2, 0) is 13.0 Å². The van der Waals surface area contributed by atoms with E-state index in [1.807, 2.05) is 54.7 Å². The van der Waals surface area contributed by atoms with Gasteiger partial charge in [-0.3, -0.25) is 4.79 Å². The lowest BCUT2D eigenvalue weighted by atomic mass is 10.1. The Morgan fingerprint density at radius 3 is 2.70 bits per heavy atom. The molecule has 0 aliphatic heterocycles. The van der Waals surface area contributed by atoms with E-state index >= 15 is 0 Å². The fourth-order valence-corrected chi connectivity index (χ4v) is 3.06. The second kappa shape index (κ2) is 7.83. The second-order valence-corrected chi connectivity index (χ2v) is 6.24. The fraction of sp³-hybridized carbons (Fsp3) is 0.136. The maximum absolute atomic E-state index is 12.5. The Morgan fingerprint density at radius 2 is 1.81 bits per heavy atom. The number of carbonyl (C=O) groups excluding carboxylic acids is 1. The van der Waals surface area contributed by atoms with Crippen LogP contribution in [0.2, 0.25) is 0 Å². The summed E-state index contributed by atoms with van der Waals surface area (Å²) >= 11 is 0. The van der Waals surface area contributed by atoms with Crippen LogP contribution in [0.3, 0.4) is 0 Å². The molecule has 0 radical (unpaired) electrons. The number of hydrogen-bond donors (Lipinski definition) is 2. The quantitative estimate of drug-likeness (QED) is 0.516. The van der Waals surface area contributed by atoms with Gasteiger partial charge in [0.15, 0.2) is 5.76 Å². The minimum Gasteiger partial charge on any atom is -0.489 e. The van der Waals surface area contributed by atoms with E-state index in [9.17, 15) is 4.79 Å². The van der Waals surface area contributed by atoms with Crippen LogP contribution in [0.4, 0.5) is 0 Å². The number of hydrogen-bond acceptors (Lipinski definition) is 3. The highest BCUT2D eigenvalue weighted by atomic mass is 16.5. The summed E-state index contributed by atoms with van der Waals surface area (Å²) in [4.78, 5) is 15.7. The molecule has 4 aromatic rings. The first-order chi connectivity index (χ1) is 13.3. The van der Waals surface area contributed by atoms with Crippen molar-refractivity contribution < 1.29 is 13.9 Å². The number of nitrogens with one attached hydrogen (secondary N) is 2. The molecule has 5 nitrogen and oxygen atoms in total. The molecule has 136 valence electrons. The lowest BCUT2D eigenvalue weighted by molar-refractivity contribution is 0.0923. The molecule has 2 aromatic heterocycles. The van der Waals surface area contributed by atoms with Crippen LogP contribution in [0.25, 0.3) is 10.9 Å². The first-order valence-corrected chi connectivity index (χ1v) is 8.88. The first-order valence-electron chi connectivity index (χ1n) is 8.88. The van der Waals surface area contributed by atoms with E-state index in [0.717, 1.165) is 23.3 Å². The number of H-pyrrole nitrogens is 1. The number of rotatable bonds is 7. The Balaban J connectivity index is 1.34. The molecule has 0 atom stereocenters. The van der Waals surface area contributed by atoms with Crippen LogP contribution in [0.1, 0.15) is 21.7 Å². The van der Waals surface area contributed by atoms with Crippen molar-refractivity contribution in [3.8, 4) is 5.75 Å². The molecule has 0 saturated heterocycles. The summed E-state index contributed by atoms with van der Waals surface area (Å²) in [6.07, 6.45) is 4.24. The molecular weight excluding hydrogens is 340 g/mol. The van der Waals surface area contributed by atoms with Gasteiger partial charge in [0.25, 0.3) is 5.91 Å². The predicted octanol–water partition coefficient (Wildman–Crippen LogP) is 4.31. The third-order valence-corrected chi connectivity index (χ3v) is 4.45. The highest BCUT2D eigenvalue weighted by Crippen LogP contribution is 2.18. The van der Waals surface area contributed by atoms with Gasteiger partial charge in [-0.05, 0) is 36.2 Å². The number of benzene rings is 2. The molecule has 0 aliphatic rings. The van der Waals surface area contributed by atoms with Crippen LogP contribution in [0.15, 0.2) is 77.5 Å². The van der Waals surface area contributed by atoms with Gasteiger partial charge >= 0.3 is 0 Å². The van der Waals surface area contributed by atoms with E-state index in [1.54, 1.807) is 6.07 Å².